The number of carbonyl (C=O) groups excluding carboxylic acids is 2. The minimum atomic E-state index is -3.79. The zero-order chi connectivity index (χ0) is 28.7. The third kappa shape index (κ3) is 7.51. The molecule has 0 unspecified atom stereocenters. The normalized spacial score (nSPS) is 11.8. The van der Waals surface area contributed by atoms with Gasteiger partial charge in [-0.2, -0.15) is 0 Å². The maximum atomic E-state index is 13.3. The van der Waals surface area contributed by atoms with Crippen molar-refractivity contribution in [3.63, 3.8) is 0 Å². The lowest BCUT2D eigenvalue weighted by Gasteiger charge is -2.29. The minimum Gasteiger partial charge on any atom is -0.493 e. The number of aryl methyl sites for hydroxylation is 2. The first kappa shape index (κ1) is 29.5. The smallest absolute Gasteiger partial charge is 0.253 e. The summed E-state index contributed by atoms with van der Waals surface area (Å²) in [7, 11) is -0.658. The third-order valence-corrected chi connectivity index (χ3v) is 7.37. The number of nitrogens with zero attached hydrogens (tertiary/aromatic N) is 1. The van der Waals surface area contributed by atoms with Crippen LogP contribution in [0.2, 0.25) is 0 Å². The van der Waals surface area contributed by atoms with Gasteiger partial charge in [-0.05, 0) is 80.3 Å². The third-order valence-electron chi connectivity index (χ3n) is 6.13. The van der Waals surface area contributed by atoms with E-state index in [1.807, 2.05) is 32.0 Å². The molecule has 0 bridgehead atoms. The summed E-state index contributed by atoms with van der Waals surface area (Å²) in [5, 5.41) is 5.62. The summed E-state index contributed by atoms with van der Waals surface area (Å²) < 4.78 is 37.1. The molecule has 0 spiro atoms. The first-order valence-corrected chi connectivity index (χ1v) is 14.3. The molecule has 3 rings (SSSR count). The van der Waals surface area contributed by atoms with Crippen molar-refractivity contribution in [3.05, 3.63) is 82.9 Å². The Morgan fingerprint density at radius 3 is 2.18 bits per heavy atom. The van der Waals surface area contributed by atoms with Crippen molar-refractivity contribution in [3.8, 4) is 11.5 Å². The van der Waals surface area contributed by atoms with Crippen molar-refractivity contribution in [2.45, 2.75) is 33.2 Å². The van der Waals surface area contributed by atoms with Crippen molar-refractivity contribution in [1.29, 1.82) is 0 Å². The highest BCUT2D eigenvalue weighted by Gasteiger charge is 2.30. The lowest BCUT2D eigenvalue weighted by Crippen LogP contribution is -2.45. The summed E-state index contributed by atoms with van der Waals surface area (Å²) in [6.07, 6.45) is 1.62. The predicted octanol–water partition coefficient (Wildman–Crippen LogP) is 4.09. The van der Waals surface area contributed by atoms with E-state index in [0.29, 0.717) is 30.2 Å². The number of carbonyl (C=O) groups is 2. The Kier molecular flexibility index (Phi) is 9.58. The molecule has 0 aliphatic heterocycles. The second kappa shape index (κ2) is 12.7. The molecular formula is C29H35N3O6S. The lowest BCUT2D eigenvalue weighted by molar-refractivity contribution is -0.116. The van der Waals surface area contributed by atoms with Gasteiger partial charge in [-0.15, -0.1) is 0 Å². The van der Waals surface area contributed by atoms with Gasteiger partial charge >= 0.3 is 0 Å². The number of methoxy groups -OCH3 is 2. The number of rotatable bonds is 11. The molecule has 2 N–H and O–H groups in total. The molecular weight excluding hydrogens is 518 g/mol. The number of amides is 2. The van der Waals surface area contributed by atoms with Gasteiger partial charge in [-0.25, -0.2) is 8.42 Å². The molecule has 0 aliphatic rings. The first-order valence-electron chi connectivity index (χ1n) is 12.4. The summed E-state index contributed by atoms with van der Waals surface area (Å²) in [4.78, 5) is 26.3. The number of ether oxygens (including phenoxy) is 2. The average Bonchev–Trinajstić information content (AvgIpc) is 2.87. The number of para-hydroxylation sites is 1. The van der Waals surface area contributed by atoms with Crippen LogP contribution in [0.1, 0.15) is 34.0 Å². The number of hydrogen-bond donors (Lipinski definition) is 2. The molecule has 2 amide bonds. The van der Waals surface area contributed by atoms with Crippen molar-refractivity contribution >= 4 is 33.2 Å². The van der Waals surface area contributed by atoms with E-state index in [1.54, 1.807) is 56.7 Å². The minimum absolute atomic E-state index is 0.266. The summed E-state index contributed by atoms with van der Waals surface area (Å²) >= 11 is 0. The Morgan fingerprint density at radius 2 is 1.56 bits per heavy atom. The van der Waals surface area contributed by atoms with Crippen molar-refractivity contribution in [1.82, 2.24) is 5.32 Å². The number of nitrogens with one attached hydrogen (secondary N) is 2. The highest BCUT2D eigenvalue weighted by Crippen LogP contribution is 2.28. The molecule has 3 aromatic rings. The number of hydrogen-bond acceptors (Lipinski definition) is 6. The van der Waals surface area contributed by atoms with Gasteiger partial charge in [0, 0.05) is 6.54 Å². The summed E-state index contributed by atoms with van der Waals surface area (Å²) in [5.74, 6) is 0.294. The second-order valence-electron chi connectivity index (χ2n) is 9.31. The van der Waals surface area contributed by atoms with Crippen LogP contribution >= 0.6 is 0 Å². The number of benzene rings is 3. The van der Waals surface area contributed by atoms with E-state index >= 15 is 0 Å². The maximum absolute atomic E-state index is 13.3. The van der Waals surface area contributed by atoms with Gasteiger partial charge in [0.1, 0.15) is 6.04 Å². The molecule has 208 valence electrons. The molecule has 0 aliphatic carbocycles. The van der Waals surface area contributed by atoms with Crippen LogP contribution in [0.15, 0.2) is 60.7 Å². The zero-order valence-corrected chi connectivity index (χ0v) is 23.9. The van der Waals surface area contributed by atoms with Crippen LogP contribution in [0.3, 0.4) is 0 Å². The monoisotopic (exact) mass is 553 g/mol. The largest absolute Gasteiger partial charge is 0.493 e. The topological polar surface area (TPSA) is 114 Å². The van der Waals surface area contributed by atoms with E-state index < -0.39 is 22.0 Å². The zero-order valence-electron chi connectivity index (χ0n) is 23.1. The molecule has 0 saturated carbocycles. The van der Waals surface area contributed by atoms with Crippen LogP contribution in [-0.4, -0.2) is 53.3 Å². The quantitative estimate of drug-likeness (QED) is 0.370. The van der Waals surface area contributed by atoms with E-state index in [0.717, 1.165) is 27.3 Å². The van der Waals surface area contributed by atoms with Gasteiger partial charge in [0.25, 0.3) is 5.91 Å². The van der Waals surface area contributed by atoms with E-state index in [4.69, 9.17) is 9.47 Å². The summed E-state index contributed by atoms with van der Waals surface area (Å²) in [6, 6.07) is 16.4. The Morgan fingerprint density at radius 1 is 0.923 bits per heavy atom. The Labute approximate surface area is 230 Å². The fourth-order valence-corrected chi connectivity index (χ4v) is 5.52. The molecule has 0 aromatic heterocycles. The SMILES string of the molecule is COc1ccc(CCNC(=O)c2ccccc2NC(=O)[C@H](C)N(c2cc(C)cc(C)c2)S(C)(=O)=O)cc1OC. The van der Waals surface area contributed by atoms with E-state index in [9.17, 15) is 18.0 Å². The van der Waals surface area contributed by atoms with Crippen LogP contribution < -0.4 is 24.4 Å². The molecule has 0 radical (unpaired) electrons. The van der Waals surface area contributed by atoms with Gasteiger partial charge in [-0.3, -0.25) is 13.9 Å². The summed E-state index contributed by atoms with van der Waals surface area (Å²) in [5.41, 5.74) is 3.66. The molecule has 9 nitrogen and oxygen atoms in total. The van der Waals surface area contributed by atoms with Gasteiger partial charge in [0.15, 0.2) is 11.5 Å². The molecule has 0 heterocycles. The molecule has 3 aromatic carbocycles. The van der Waals surface area contributed by atoms with Crippen LogP contribution in [0, 0.1) is 13.8 Å². The summed E-state index contributed by atoms with van der Waals surface area (Å²) in [6.45, 7) is 5.59. The van der Waals surface area contributed by atoms with E-state index in [-0.39, 0.29) is 17.2 Å². The Hall–Kier alpha value is -4.05. The fourth-order valence-electron chi connectivity index (χ4n) is 4.37. The maximum Gasteiger partial charge on any atom is 0.253 e. The van der Waals surface area contributed by atoms with Crippen LogP contribution in [0.4, 0.5) is 11.4 Å². The average molecular weight is 554 g/mol. The van der Waals surface area contributed by atoms with Crippen LogP contribution in [0.5, 0.6) is 11.5 Å². The molecule has 0 fully saturated rings. The predicted molar refractivity (Wildman–Crippen MR) is 153 cm³/mol. The number of sulfonamides is 1. The van der Waals surface area contributed by atoms with E-state index in [2.05, 4.69) is 10.6 Å². The van der Waals surface area contributed by atoms with Gasteiger partial charge in [0.2, 0.25) is 15.9 Å². The standard InChI is InChI=1S/C29H35N3O6S/c1-19-15-20(2)17-23(16-19)32(39(6,35)36)21(3)28(33)31-25-10-8-7-9-24(25)29(34)30-14-13-22-11-12-26(37-4)27(18-22)38-5/h7-12,15-18,21H,13-14H2,1-6H3,(H,30,34)(H,31,33)/t21-/m0/s1. The Balaban J connectivity index is 1.73. The van der Waals surface area contributed by atoms with Crippen LogP contribution in [0.25, 0.3) is 0 Å². The second-order valence-corrected chi connectivity index (χ2v) is 11.2. The Bertz CT molecular complexity index is 1430. The van der Waals surface area contributed by atoms with Crippen molar-refractivity contribution < 1.29 is 27.5 Å². The molecule has 39 heavy (non-hydrogen) atoms. The molecule has 1 atom stereocenters. The van der Waals surface area contributed by atoms with Gasteiger partial charge < -0.3 is 20.1 Å². The highest BCUT2D eigenvalue weighted by atomic mass is 32.2. The van der Waals surface area contributed by atoms with Crippen molar-refractivity contribution in [2.75, 3.05) is 36.6 Å². The van der Waals surface area contributed by atoms with Crippen LogP contribution in [-0.2, 0) is 21.2 Å². The molecule has 0 saturated heterocycles. The lowest BCUT2D eigenvalue weighted by atomic mass is 10.1. The number of anilines is 2. The van der Waals surface area contributed by atoms with Gasteiger partial charge in [-0.1, -0.05) is 24.3 Å². The fraction of sp³-hybridized carbons (Fsp3) is 0.310. The first-order chi connectivity index (χ1) is 18.4. The molecule has 10 heteroatoms. The van der Waals surface area contributed by atoms with E-state index in [1.165, 1.54) is 6.92 Å². The van der Waals surface area contributed by atoms with Crippen molar-refractivity contribution in [2.24, 2.45) is 0 Å². The van der Waals surface area contributed by atoms with Gasteiger partial charge in [0.05, 0.1) is 37.4 Å². The highest BCUT2D eigenvalue weighted by molar-refractivity contribution is 7.92.